The Kier molecular flexibility index (Phi) is 3.57. The predicted octanol–water partition coefficient (Wildman–Crippen LogP) is 2.18. The highest BCUT2D eigenvalue weighted by Gasteiger charge is 2.16. The van der Waals surface area contributed by atoms with Gasteiger partial charge in [0.25, 0.3) is 0 Å². The molecular formula is C16H13N3O3. The normalized spacial score (nSPS) is 10.5. The smallest absolute Gasteiger partial charge is 0.342 e. The molecule has 0 saturated carbocycles. The van der Waals surface area contributed by atoms with E-state index in [0.717, 1.165) is 10.9 Å². The first-order chi connectivity index (χ1) is 10.7. The number of nitrogens with two attached hydrogens (primary N) is 1. The fraction of sp³-hybridized carbons (Fsp3) is 0.0625. The van der Waals surface area contributed by atoms with Gasteiger partial charge in [-0.15, -0.1) is 0 Å². The minimum absolute atomic E-state index is 0.0760. The molecule has 0 atom stereocenters. The molecule has 3 aromatic rings. The zero-order chi connectivity index (χ0) is 15.5. The number of carbonyl (C=O) groups is 2. The number of esters is 1. The fourth-order valence-electron chi connectivity index (χ4n) is 2.18. The molecule has 0 fully saturated rings. The van der Waals surface area contributed by atoms with Crippen molar-refractivity contribution in [1.82, 2.24) is 9.97 Å². The highest BCUT2D eigenvalue weighted by atomic mass is 16.5. The number of aromatic nitrogens is 2. The fourth-order valence-corrected chi connectivity index (χ4v) is 2.18. The number of para-hydroxylation sites is 1. The van der Waals surface area contributed by atoms with Gasteiger partial charge in [0.2, 0.25) is 5.78 Å². The molecule has 6 nitrogen and oxygen atoms in total. The lowest BCUT2D eigenvalue weighted by Crippen LogP contribution is -2.15. The lowest BCUT2D eigenvalue weighted by atomic mass is 10.1. The van der Waals surface area contributed by atoms with E-state index in [4.69, 9.17) is 10.5 Å². The summed E-state index contributed by atoms with van der Waals surface area (Å²) >= 11 is 0. The standard InChI is InChI=1S/C16H13N3O3/c17-15-11(5-3-7-18-15)16(21)22-9-14(20)12-8-19-13-6-2-1-4-10(12)13/h1-8,19H,9H2,(H2,17,18). The summed E-state index contributed by atoms with van der Waals surface area (Å²) in [4.78, 5) is 30.9. The number of nitrogen functional groups attached to an aromatic ring is 1. The van der Waals surface area contributed by atoms with Crippen LogP contribution >= 0.6 is 0 Å². The Hall–Kier alpha value is -3.15. The molecular weight excluding hydrogens is 282 g/mol. The van der Waals surface area contributed by atoms with Crippen molar-refractivity contribution in [3.05, 3.63) is 59.9 Å². The number of nitrogens with one attached hydrogen (secondary N) is 1. The van der Waals surface area contributed by atoms with Crippen molar-refractivity contribution in [2.75, 3.05) is 12.3 Å². The molecule has 0 aliphatic heterocycles. The Balaban J connectivity index is 1.73. The second-order valence-corrected chi connectivity index (χ2v) is 4.68. The number of Topliss-reactive ketones (excluding diaryl/α,β-unsaturated/α-hetero) is 1. The number of hydrogen-bond acceptors (Lipinski definition) is 5. The van der Waals surface area contributed by atoms with Crippen LogP contribution in [0.4, 0.5) is 5.82 Å². The summed E-state index contributed by atoms with van der Waals surface area (Å²) in [7, 11) is 0. The molecule has 0 aliphatic rings. The maximum absolute atomic E-state index is 12.2. The van der Waals surface area contributed by atoms with Crippen molar-refractivity contribution in [2.45, 2.75) is 0 Å². The van der Waals surface area contributed by atoms with E-state index in [0.29, 0.717) is 5.56 Å². The van der Waals surface area contributed by atoms with Crippen LogP contribution in [0.15, 0.2) is 48.8 Å². The molecule has 3 N–H and O–H groups in total. The maximum Gasteiger partial charge on any atom is 0.342 e. The average Bonchev–Trinajstić information content (AvgIpc) is 2.97. The molecule has 110 valence electrons. The number of aromatic amines is 1. The zero-order valence-corrected chi connectivity index (χ0v) is 11.6. The molecule has 0 aliphatic carbocycles. The Morgan fingerprint density at radius 2 is 1.95 bits per heavy atom. The number of H-pyrrole nitrogens is 1. The van der Waals surface area contributed by atoms with Crippen molar-refractivity contribution in [3.63, 3.8) is 0 Å². The van der Waals surface area contributed by atoms with E-state index < -0.39 is 5.97 Å². The molecule has 0 amide bonds. The maximum atomic E-state index is 12.2. The molecule has 0 bridgehead atoms. The lowest BCUT2D eigenvalue weighted by molar-refractivity contribution is 0.0476. The van der Waals surface area contributed by atoms with Crippen molar-refractivity contribution in [3.8, 4) is 0 Å². The third kappa shape index (κ3) is 2.54. The lowest BCUT2D eigenvalue weighted by Gasteiger charge is -2.05. The first-order valence-electron chi connectivity index (χ1n) is 6.64. The van der Waals surface area contributed by atoms with E-state index in [1.54, 1.807) is 12.3 Å². The van der Waals surface area contributed by atoms with Crippen molar-refractivity contribution < 1.29 is 14.3 Å². The molecule has 2 aromatic heterocycles. The van der Waals surface area contributed by atoms with Crippen LogP contribution in [0.3, 0.4) is 0 Å². The third-order valence-corrected chi connectivity index (χ3v) is 3.28. The highest BCUT2D eigenvalue weighted by Crippen LogP contribution is 2.18. The van der Waals surface area contributed by atoms with Gasteiger partial charge in [-0.1, -0.05) is 18.2 Å². The van der Waals surface area contributed by atoms with E-state index >= 15 is 0 Å². The summed E-state index contributed by atoms with van der Waals surface area (Å²) in [6.45, 7) is -0.352. The Morgan fingerprint density at radius 3 is 2.77 bits per heavy atom. The summed E-state index contributed by atoms with van der Waals surface area (Å²) in [5, 5.41) is 0.796. The molecule has 0 unspecified atom stereocenters. The van der Waals surface area contributed by atoms with Crippen LogP contribution in [0.5, 0.6) is 0 Å². The molecule has 0 saturated heterocycles. The average molecular weight is 295 g/mol. The van der Waals surface area contributed by atoms with Gasteiger partial charge in [0.1, 0.15) is 11.4 Å². The van der Waals surface area contributed by atoms with Gasteiger partial charge in [0, 0.05) is 28.9 Å². The number of benzene rings is 1. The number of ketones is 1. The Morgan fingerprint density at radius 1 is 1.14 bits per heavy atom. The highest BCUT2D eigenvalue weighted by molar-refractivity contribution is 6.09. The summed E-state index contributed by atoms with van der Waals surface area (Å²) in [5.41, 5.74) is 7.09. The van der Waals surface area contributed by atoms with Gasteiger partial charge >= 0.3 is 5.97 Å². The number of ether oxygens (including phenoxy) is 1. The van der Waals surface area contributed by atoms with E-state index in [2.05, 4.69) is 9.97 Å². The molecule has 1 aromatic carbocycles. The first kappa shape index (κ1) is 13.8. The van der Waals surface area contributed by atoms with Crippen LogP contribution in [0.25, 0.3) is 10.9 Å². The van der Waals surface area contributed by atoms with Gasteiger partial charge in [0.15, 0.2) is 6.61 Å². The summed E-state index contributed by atoms with van der Waals surface area (Å²) < 4.78 is 5.02. The van der Waals surface area contributed by atoms with Gasteiger partial charge in [0.05, 0.1) is 0 Å². The van der Waals surface area contributed by atoms with Crippen LogP contribution in [0.2, 0.25) is 0 Å². The van der Waals surface area contributed by atoms with E-state index in [1.165, 1.54) is 12.3 Å². The molecule has 22 heavy (non-hydrogen) atoms. The summed E-state index contributed by atoms with van der Waals surface area (Å²) in [6, 6.07) is 10.5. The van der Waals surface area contributed by atoms with Gasteiger partial charge in [-0.05, 0) is 18.2 Å². The summed E-state index contributed by atoms with van der Waals surface area (Å²) in [6.07, 6.45) is 3.09. The molecule has 6 heteroatoms. The number of hydrogen-bond donors (Lipinski definition) is 2. The van der Waals surface area contributed by atoms with Crippen LogP contribution < -0.4 is 5.73 Å². The van der Waals surface area contributed by atoms with Gasteiger partial charge < -0.3 is 15.5 Å². The Bertz CT molecular complexity index is 854. The third-order valence-electron chi connectivity index (χ3n) is 3.28. The van der Waals surface area contributed by atoms with Crippen LogP contribution in [-0.4, -0.2) is 28.3 Å². The van der Waals surface area contributed by atoms with Crippen molar-refractivity contribution in [1.29, 1.82) is 0 Å². The van der Waals surface area contributed by atoms with Crippen LogP contribution in [0.1, 0.15) is 20.7 Å². The van der Waals surface area contributed by atoms with Crippen molar-refractivity contribution >= 4 is 28.5 Å². The predicted molar refractivity (Wildman–Crippen MR) is 81.6 cm³/mol. The molecule has 2 heterocycles. The topological polar surface area (TPSA) is 98.1 Å². The van der Waals surface area contributed by atoms with Crippen LogP contribution in [-0.2, 0) is 4.74 Å². The number of fused-ring (bicyclic) bond motifs is 1. The number of pyridine rings is 1. The molecule has 0 spiro atoms. The van der Waals surface area contributed by atoms with Gasteiger partial charge in [-0.2, -0.15) is 0 Å². The largest absolute Gasteiger partial charge is 0.454 e. The van der Waals surface area contributed by atoms with Gasteiger partial charge in [-0.3, -0.25) is 4.79 Å². The van der Waals surface area contributed by atoms with E-state index in [9.17, 15) is 9.59 Å². The number of carbonyl (C=O) groups excluding carboxylic acids is 2. The minimum atomic E-state index is -0.668. The first-order valence-corrected chi connectivity index (χ1v) is 6.64. The summed E-state index contributed by atoms with van der Waals surface area (Å²) in [5.74, 6) is -0.876. The quantitative estimate of drug-likeness (QED) is 0.568. The number of rotatable bonds is 4. The van der Waals surface area contributed by atoms with Crippen molar-refractivity contribution in [2.24, 2.45) is 0 Å². The minimum Gasteiger partial charge on any atom is -0.454 e. The second-order valence-electron chi connectivity index (χ2n) is 4.68. The molecule has 0 radical (unpaired) electrons. The molecule has 3 rings (SSSR count). The SMILES string of the molecule is Nc1ncccc1C(=O)OCC(=O)c1c[nH]c2ccccc12. The number of nitrogens with zero attached hydrogens (tertiary/aromatic N) is 1. The van der Waals surface area contributed by atoms with E-state index in [1.807, 2.05) is 24.3 Å². The second kappa shape index (κ2) is 5.69. The Labute approximate surface area is 125 Å². The zero-order valence-electron chi connectivity index (χ0n) is 11.6. The van der Waals surface area contributed by atoms with Crippen LogP contribution in [0, 0.1) is 0 Å². The number of anilines is 1. The monoisotopic (exact) mass is 295 g/mol. The van der Waals surface area contributed by atoms with Gasteiger partial charge in [-0.25, -0.2) is 9.78 Å². The van der Waals surface area contributed by atoms with E-state index in [-0.39, 0.29) is 23.8 Å².